The number of anilines is 2. The molecule has 2 aromatic carbocycles. The summed E-state index contributed by atoms with van der Waals surface area (Å²) in [5.41, 5.74) is 8.95. The van der Waals surface area contributed by atoms with Gasteiger partial charge >= 0.3 is 6.18 Å². The van der Waals surface area contributed by atoms with Gasteiger partial charge in [0.25, 0.3) is 0 Å². The topological polar surface area (TPSA) is 95.5 Å². The van der Waals surface area contributed by atoms with Crippen molar-refractivity contribution in [3.8, 4) is 23.1 Å². The minimum absolute atomic E-state index is 0.00236. The third kappa shape index (κ3) is 5.46. The molecule has 1 atom stereocenters. The molecule has 41 heavy (non-hydrogen) atoms. The van der Waals surface area contributed by atoms with Crippen molar-refractivity contribution in [2.45, 2.75) is 50.7 Å². The molecule has 1 aromatic heterocycles. The number of hydrogen-bond acceptors (Lipinski definition) is 6. The molecule has 5 rings (SSSR count). The van der Waals surface area contributed by atoms with E-state index in [4.69, 9.17) is 10.5 Å². The van der Waals surface area contributed by atoms with E-state index in [1.54, 1.807) is 13.1 Å². The van der Waals surface area contributed by atoms with E-state index in [0.29, 0.717) is 50.7 Å². The van der Waals surface area contributed by atoms with E-state index >= 15 is 0 Å². The Hall–Kier alpha value is -4.10. The molecule has 214 valence electrons. The van der Waals surface area contributed by atoms with Gasteiger partial charge in [-0.2, -0.15) is 18.4 Å². The SMILES string of the molecule is CCOc1ncccc1-c1ccc2c(c1)N(C(=O)C[C@H](C)N)CC21CCN(c2ccc(C(F)(F)F)cc2C#N)CC1. The Labute approximate surface area is 237 Å². The summed E-state index contributed by atoms with van der Waals surface area (Å²) >= 11 is 0. The van der Waals surface area contributed by atoms with Crippen LogP contribution < -0.4 is 20.3 Å². The molecular weight excluding hydrogens is 531 g/mol. The first-order valence-electron chi connectivity index (χ1n) is 13.7. The fourth-order valence-electron chi connectivity index (χ4n) is 6.00. The molecule has 0 saturated carbocycles. The van der Waals surface area contributed by atoms with Crippen LogP contribution in [0.25, 0.3) is 11.1 Å². The van der Waals surface area contributed by atoms with E-state index in [-0.39, 0.29) is 29.3 Å². The number of nitrogens with two attached hydrogens (primary N) is 1. The third-order valence-corrected chi connectivity index (χ3v) is 7.99. The van der Waals surface area contributed by atoms with Gasteiger partial charge in [0.05, 0.1) is 23.4 Å². The fourth-order valence-corrected chi connectivity index (χ4v) is 6.00. The summed E-state index contributed by atoms with van der Waals surface area (Å²) in [6, 6.07) is 14.9. The first-order valence-corrected chi connectivity index (χ1v) is 13.7. The summed E-state index contributed by atoms with van der Waals surface area (Å²) in [5, 5.41) is 9.60. The van der Waals surface area contributed by atoms with Gasteiger partial charge in [0.1, 0.15) is 6.07 Å². The van der Waals surface area contributed by atoms with Gasteiger partial charge in [-0.3, -0.25) is 4.79 Å². The van der Waals surface area contributed by atoms with Crippen molar-refractivity contribution < 1.29 is 22.7 Å². The zero-order valence-electron chi connectivity index (χ0n) is 23.0. The van der Waals surface area contributed by atoms with Crippen molar-refractivity contribution in [2.24, 2.45) is 5.73 Å². The van der Waals surface area contributed by atoms with Crippen molar-refractivity contribution in [2.75, 3.05) is 36.0 Å². The van der Waals surface area contributed by atoms with Crippen LogP contribution in [0, 0.1) is 11.3 Å². The number of benzene rings is 2. The molecule has 0 radical (unpaired) electrons. The largest absolute Gasteiger partial charge is 0.478 e. The first kappa shape index (κ1) is 28.4. The zero-order chi connectivity index (χ0) is 29.4. The van der Waals surface area contributed by atoms with Crippen LogP contribution in [-0.4, -0.2) is 43.2 Å². The van der Waals surface area contributed by atoms with E-state index in [0.717, 1.165) is 34.5 Å². The van der Waals surface area contributed by atoms with Crippen molar-refractivity contribution >= 4 is 17.3 Å². The Kier molecular flexibility index (Phi) is 7.66. The van der Waals surface area contributed by atoms with E-state index in [2.05, 4.69) is 11.1 Å². The number of amides is 1. The average Bonchev–Trinajstić information content (AvgIpc) is 3.26. The van der Waals surface area contributed by atoms with Crippen molar-refractivity contribution in [3.05, 3.63) is 71.4 Å². The maximum Gasteiger partial charge on any atom is 0.416 e. The summed E-state index contributed by atoms with van der Waals surface area (Å²) in [6.07, 6.45) is -1.29. The molecule has 2 aliphatic heterocycles. The van der Waals surface area contributed by atoms with E-state index < -0.39 is 11.7 Å². The number of piperidine rings is 1. The van der Waals surface area contributed by atoms with Gasteiger partial charge in [-0.25, -0.2) is 4.98 Å². The molecule has 1 saturated heterocycles. The number of ether oxygens (including phenoxy) is 1. The van der Waals surface area contributed by atoms with Crippen LogP contribution in [0.5, 0.6) is 5.88 Å². The molecule has 1 fully saturated rings. The molecule has 0 bridgehead atoms. The zero-order valence-corrected chi connectivity index (χ0v) is 23.0. The number of fused-ring (bicyclic) bond motifs is 2. The van der Waals surface area contributed by atoms with Crippen LogP contribution in [0.4, 0.5) is 24.5 Å². The van der Waals surface area contributed by atoms with Crippen LogP contribution in [0.2, 0.25) is 0 Å². The van der Waals surface area contributed by atoms with Crippen molar-refractivity contribution in [1.29, 1.82) is 5.26 Å². The number of nitrogens with zero attached hydrogens (tertiary/aromatic N) is 4. The van der Waals surface area contributed by atoms with Crippen LogP contribution >= 0.6 is 0 Å². The normalized spacial score (nSPS) is 16.8. The highest BCUT2D eigenvalue weighted by Gasteiger charge is 2.46. The van der Waals surface area contributed by atoms with Gasteiger partial charge in [0.2, 0.25) is 11.8 Å². The summed E-state index contributed by atoms with van der Waals surface area (Å²) in [6.45, 7) is 5.74. The minimum atomic E-state index is -4.52. The van der Waals surface area contributed by atoms with E-state index in [1.165, 1.54) is 6.07 Å². The molecule has 3 aromatic rings. The number of rotatable bonds is 6. The van der Waals surface area contributed by atoms with Crippen LogP contribution in [-0.2, 0) is 16.4 Å². The van der Waals surface area contributed by atoms with Crippen LogP contribution in [0.3, 0.4) is 0 Å². The molecule has 3 heterocycles. The molecule has 2 aliphatic rings. The Morgan fingerprint density at radius 1 is 1.17 bits per heavy atom. The summed E-state index contributed by atoms with van der Waals surface area (Å²) in [5.74, 6) is 0.470. The van der Waals surface area contributed by atoms with Gasteiger partial charge < -0.3 is 20.3 Å². The Bertz CT molecular complexity index is 1490. The number of alkyl halides is 3. The number of carbonyl (C=O) groups excluding carboxylic acids is 1. The highest BCUT2D eigenvalue weighted by atomic mass is 19.4. The standard InChI is InChI=1S/C31H32F3N5O2/c1-3-41-29-24(5-4-12-37-29)21-6-8-25-27(17-21)39(28(40)15-20(2)36)19-30(25)10-13-38(14-11-30)26-9-7-23(31(32,33)34)16-22(26)18-35/h4-9,12,16-17,20H,3,10-11,13-15,19,36H2,1-2H3/t20-/m0/s1. The number of halogens is 3. The molecule has 7 nitrogen and oxygen atoms in total. The lowest BCUT2D eigenvalue weighted by molar-refractivity contribution is -0.137. The predicted molar refractivity (Wildman–Crippen MR) is 151 cm³/mol. The van der Waals surface area contributed by atoms with Crippen molar-refractivity contribution in [3.63, 3.8) is 0 Å². The Balaban J connectivity index is 1.47. The Morgan fingerprint density at radius 3 is 2.59 bits per heavy atom. The predicted octanol–water partition coefficient (Wildman–Crippen LogP) is 5.66. The second-order valence-corrected chi connectivity index (χ2v) is 10.8. The number of aromatic nitrogens is 1. The second-order valence-electron chi connectivity index (χ2n) is 10.8. The average molecular weight is 564 g/mol. The second kappa shape index (κ2) is 11.1. The number of hydrogen-bond donors (Lipinski definition) is 1. The smallest absolute Gasteiger partial charge is 0.416 e. The molecule has 2 N–H and O–H groups in total. The summed E-state index contributed by atoms with van der Waals surface area (Å²) in [7, 11) is 0. The molecule has 1 spiro atoms. The van der Waals surface area contributed by atoms with E-state index in [1.807, 2.05) is 47.1 Å². The lowest BCUT2D eigenvalue weighted by Gasteiger charge is -2.41. The van der Waals surface area contributed by atoms with Gasteiger partial charge in [-0.05, 0) is 74.2 Å². The van der Waals surface area contributed by atoms with Crippen LogP contribution in [0.1, 0.15) is 49.8 Å². The summed E-state index contributed by atoms with van der Waals surface area (Å²) < 4.78 is 45.4. The quantitative estimate of drug-likeness (QED) is 0.416. The Morgan fingerprint density at radius 2 is 1.93 bits per heavy atom. The lowest BCUT2D eigenvalue weighted by Crippen LogP contribution is -2.46. The lowest BCUT2D eigenvalue weighted by atomic mass is 9.74. The first-order chi connectivity index (χ1) is 19.6. The van der Waals surface area contributed by atoms with Crippen LogP contribution in [0.15, 0.2) is 54.7 Å². The van der Waals surface area contributed by atoms with Gasteiger partial charge in [-0.15, -0.1) is 0 Å². The highest BCUT2D eigenvalue weighted by molar-refractivity contribution is 5.97. The molecule has 10 heteroatoms. The number of nitriles is 1. The van der Waals surface area contributed by atoms with Crippen molar-refractivity contribution in [1.82, 2.24) is 4.98 Å². The van der Waals surface area contributed by atoms with Gasteiger partial charge in [0, 0.05) is 55.0 Å². The number of pyridine rings is 1. The molecule has 1 amide bonds. The maximum absolute atomic E-state index is 13.4. The van der Waals surface area contributed by atoms with E-state index in [9.17, 15) is 23.2 Å². The van der Waals surface area contributed by atoms with Gasteiger partial charge in [0.15, 0.2) is 0 Å². The highest BCUT2D eigenvalue weighted by Crippen LogP contribution is 2.49. The minimum Gasteiger partial charge on any atom is -0.478 e. The fraction of sp³-hybridized carbons (Fsp3) is 0.387. The monoisotopic (exact) mass is 563 g/mol. The summed E-state index contributed by atoms with van der Waals surface area (Å²) in [4.78, 5) is 21.6. The molecular formula is C31H32F3N5O2. The third-order valence-electron chi connectivity index (χ3n) is 7.99. The maximum atomic E-state index is 13.4. The van der Waals surface area contributed by atoms with Gasteiger partial charge in [-0.1, -0.05) is 12.1 Å². The number of carbonyl (C=O) groups is 1. The molecule has 0 unspecified atom stereocenters. The molecule has 0 aliphatic carbocycles.